The summed E-state index contributed by atoms with van der Waals surface area (Å²) < 4.78 is 2.16. The van der Waals surface area contributed by atoms with Crippen LogP contribution in [0.3, 0.4) is 0 Å². The number of hydrogen-bond donors (Lipinski definition) is 1. The van der Waals surface area contributed by atoms with E-state index in [1.54, 1.807) is 0 Å². The van der Waals surface area contributed by atoms with E-state index in [0.717, 1.165) is 26.2 Å². The molecular formula is C16H31ClN4. The van der Waals surface area contributed by atoms with Crippen LogP contribution in [-0.4, -0.2) is 34.3 Å². The van der Waals surface area contributed by atoms with E-state index < -0.39 is 0 Å². The van der Waals surface area contributed by atoms with Gasteiger partial charge in [-0.1, -0.05) is 6.92 Å². The van der Waals surface area contributed by atoms with Crippen molar-refractivity contribution in [2.45, 2.75) is 60.0 Å². The molecule has 1 unspecified atom stereocenters. The molecule has 21 heavy (non-hydrogen) atoms. The van der Waals surface area contributed by atoms with Crippen molar-refractivity contribution in [1.29, 1.82) is 0 Å². The lowest BCUT2D eigenvalue weighted by Gasteiger charge is -2.23. The Labute approximate surface area is 135 Å². The van der Waals surface area contributed by atoms with Crippen LogP contribution in [0, 0.1) is 19.3 Å². The molecule has 4 nitrogen and oxygen atoms in total. The maximum absolute atomic E-state index is 5.90. The first kappa shape index (κ1) is 18.5. The molecule has 5 heteroatoms. The van der Waals surface area contributed by atoms with E-state index in [9.17, 15) is 0 Å². The number of aryl methyl sites for hydroxylation is 1. The van der Waals surface area contributed by atoms with Crippen molar-refractivity contribution in [2.24, 2.45) is 11.1 Å². The summed E-state index contributed by atoms with van der Waals surface area (Å²) in [6, 6.07) is 0. The van der Waals surface area contributed by atoms with E-state index in [1.165, 1.54) is 23.4 Å². The van der Waals surface area contributed by atoms with Crippen LogP contribution in [0.4, 0.5) is 0 Å². The first-order chi connectivity index (χ1) is 9.16. The SMILES string of the molecule is Cc1nn(C(C)(C)C)c(C)c1CN1CCC(C)(CN)C1.Cl. The Hall–Kier alpha value is -0.580. The van der Waals surface area contributed by atoms with Gasteiger partial charge in [-0.25, -0.2) is 0 Å². The Morgan fingerprint density at radius 2 is 1.90 bits per heavy atom. The molecule has 2 heterocycles. The minimum atomic E-state index is 0. The van der Waals surface area contributed by atoms with Crippen molar-refractivity contribution in [3.63, 3.8) is 0 Å². The molecule has 0 radical (unpaired) electrons. The summed E-state index contributed by atoms with van der Waals surface area (Å²) in [7, 11) is 0. The number of aromatic nitrogens is 2. The van der Waals surface area contributed by atoms with Gasteiger partial charge >= 0.3 is 0 Å². The molecule has 1 fully saturated rings. The van der Waals surface area contributed by atoms with Crippen molar-refractivity contribution in [2.75, 3.05) is 19.6 Å². The molecule has 1 aromatic heterocycles. The number of likely N-dealkylation sites (tertiary alicyclic amines) is 1. The van der Waals surface area contributed by atoms with Crippen LogP contribution in [-0.2, 0) is 12.1 Å². The van der Waals surface area contributed by atoms with Gasteiger partial charge in [0.2, 0.25) is 0 Å². The average Bonchev–Trinajstić information content (AvgIpc) is 2.85. The number of nitrogens with zero attached hydrogens (tertiary/aromatic N) is 3. The van der Waals surface area contributed by atoms with Gasteiger partial charge < -0.3 is 5.73 Å². The second kappa shape index (κ2) is 6.27. The second-order valence-electron chi connectivity index (χ2n) is 7.71. The lowest BCUT2D eigenvalue weighted by molar-refractivity contribution is 0.273. The number of rotatable bonds is 3. The van der Waals surface area contributed by atoms with E-state index in [-0.39, 0.29) is 17.9 Å². The minimum absolute atomic E-state index is 0. The minimum Gasteiger partial charge on any atom is -0.330 e. The van der Waals surface area contributed by atoms with E-state index in [1.807, 2.05) is 0 Å². The molecule has 1 atom stereocenters. The summed E-state index contributed by atoms with van der Waals surface area (Å²) in [5.41, 5.74) is 10.1. The summed E-state index contributed by atoms with van der Waals surface area (Å²) >= 11 is 0. The molecular weight excluding hydrogens is 284 g/mol. The molecule has 2 N–H and O–H groups in total. The van der Waals surface area contributed by atoms with Crippen LogP contribution < -0.4 is 5.73 Å². The van der Waals surface area contributed by atoms with Gasteiger partial charge in [0.1, 0.15) is 0 Å². The Morgan fingerprint density at radius 3 is 2.33 bits per heavy atom. The molecule has 0 aliphatic carbocycles. The fourth-order valence-corrected chi connectivity index (χ4v) is 3.21. The van der Waals surface area contributed by atoms with E-state index in [0.29, 0.717) is 5.41 Å². The fourth-order valence-electron chi connectivity index (χ4n) is 3.21. The van der Waals surface area contributed by atoms with E-state index in [4.69, 9.17) is 10.8 Å². The van der Waals surface area contributed by atoms with Gasteiger partial charge in [-0.3, -0.25) is 9.58 Å². The maximum atomic E-state index is 5.90. The van der Waals surface area contributed by atoms with Gasteiger partial charge in [0.15, 0.2) is 0 Å². The highest BCUT2D eigenvalue weighted by atomic mass is 35.5. The lowest BCUT2D eigenvalue weighted by atomic mass is 9.90. The summed E-state index contributed by atoms with van der Waals surface area (Å²) in [4.78, 5) is 2.52. The van der Waals surface area contributed by atoms with Crippen LogP contribution in [0.5, 0.6) is 0 Å². The molecule has 2 rings (SSSR count). The maximum Gasteiger partial charge on any atom is 0.0641 e. The second-order valence-corrected chi connectivity index (χ2v) is 7.71. The zero-order chi connectivity index (χ0) is 15.1. The van der Waals surface area contributed by atoms with Crippen LogP contribution in [0.2, 0.25) is 0 Å². The third-order valence-corrected chi connectivity index (χ3v) is 4.59. The number of nitrogens with two attached hydrogens (primary N) is 1. The summed E-state index contributed by atoms with van der Waals surface area (Å²) in [5.74, 6) is 0. The summed E-state index contributed by atoms with van der Waals surface area (Å²) in [6.07, 6.45) is 1.20. The Morgan fingerprint density at radius 1 is 1.29 bits per heavy atom. The zero-order valence-corrected chi connectivity index (χ0v) is 15.2. The van der Waals surface area contributed by atoms with Crippen molar-refractivity contribution in [1.82, 2.24) is 14.7 Å². The third-order valence-electron chi connectivity index (χ3n) is 4.59. The Bertz CT molecular complexity index is 489. The van der Waals surface area contributed by atoms with Crippen LogP contribution in [0.1, 0.15) is 51.1 Å². The molecule has 0 saturated carbocycles. The van der Waals surface area contributed by atoms with Gasteiger partial charge in [0, 0.05) is 24.3 Å². The summed E-state index contributed by atoms with van der Waals surface area (Å²) in [5, 5.41) is 4.75. The first-order valence-corrected chi connectivity index (χ1v) is 7.64. The molecule has 1 aliphatic rings. The standard InChI is InChI=1S/C16H30N4.ClH/c1-12-14(13(2)20(18-12)15(3,4)5)9-19-8-7-16(6,10-17)11-19;/h7-11,17H2,1-6H3;1H. The van der Waals surface area contributed by atoms with Crippen molar-refractivity contribution in [3.8, 4) is 0 Å². The van der Waals surface area contributed by atoms with Crippen LogP contribution >= 0.6 is 12.4 Å². The van der Waals surface area contributed by atoms with Crippen molar-refractivity contribution >= 4 is 12.4 Å². The predicted octanol–water partition coefficient (Wildman–Crippen LogP) is 2.85. The topological polar surface area (TPSA) is 47.1 Å². The van der Waals surface area contributed by atoms with E-state index >= 15 is 0 Å². The Balaban J connectivity index is 0.00000220. The highest BCUT2D eigenvalue weighted by Gasteiger charge is 2.33. The van der Waals surface area contributed by atoms with Gasteiger partial charge in [-0.2, -0.15) is 5.10 Å². The molecule has 0 aromatic carbocycles. The highest BCUT2D eigenvalue weighted by molar-refractivity contribution is 5.85. The predicted molar refractivity (Wildman–Crippen MR) is 91.0 cm³/mol. The zero-order valence-electron chi connectivity index (χ0n) is 14.4. The smallest absolute Gasteiger partial charge is 0.0641 e. The quantitative estimate of drug-likeness (QED) is 0.933. The van der Waals surface area contributed by atoms with Crippen molar-refractivity contribution in [3.05, 3.63) is 17.0 Å². The molecule has 0 spiro atoms. The molecule has 1 aliphatic heterocycles. The first-order valence-electron chi connectivity index (χ1n) is 7.64. The average molecular weight is 315 g/mol. The lowest BCUT2D eigenvalue weighted by Crippen LogP contribution is -2.31. The number of halogens is 1. The summed E-state index contributed by atoms with van der Waals surface area (Å²) in [6.45, 7) is 17.3. The highest BCUT2D eigenvalue weighted by Crippen LogP contribution is 2.31. The molecule has 0 amide bonds. The monoisotopic (exact) mass is 314 g/mol. The third kappa shape index (κ3) is 3.79. The number of hydrogen-bond acceptors (Lipinski definition) is 3. The molecule has 1 aromatic rings. The van der Waals surface area contributed by atoms with Gasteiger partial charge in [-0.05, 0) is 59.5 Å². The van der Waals surface area contributed by atoms with Gasteiger partial charge in [-0.15, -0.1) is 12.4 Å². The van der Waals surface area contributed by atoms with Gasteiger partial charge in [0.25, 0.3) is 0 Å². The fraction of sp³-hybridized carbons (Fsp3) is 0.812. The van der Waals surface area contributed by atoms with E-state index in [2.05, 4.69) is 51.1 Å². The van der Waals surface area contributed by atoms with Crippen molar-refractivity contribution < 1.29 is 0 Å². The van der Waals surface area contributed by atoms with Crippen LogP contribution in [0.25, 0.3) is 0 Å². The molecule has 122 valence electrons. The molecule has 1 saturated heterocycles. The Kier molecular flexibility index (Phi) is 5.51. The molecule has 0 bridgehead atoms. The van der Waals surface area contributed by atoms with Crippen LogP contribution in [0.15, 0.2) is 0 Å². The largest absolute Gasteiger partial charge is 0.330 e. The van der Waals surface area contributed by atoms with Gasteiger partial charge in [0.05, 0.1) is 11.2 Å². The normalized spacial score (nSPS) is 23.4.